The van der Waals surface area contributed by atoms with Crippen molar-refractivity contribution in [3.8, 4) is 0 Å². The molecular formula is C13H19ClN2O. The highest BCUT2D eigenvalue weighted by Crippen LogP contribution is 2.20. The van der Waals surface area contributed by atoms with Gasteiger partial charge in [0.2, 0.25) is 5.91 Å². The van der Waals surface area contributed by atoms with Crippen LogP contribution in [0.3, 0.4) is 0 Å². The van der Waals surface area contributed by atoms with Crippen LogP contribution in [0.1, 0.15) is 19.8 Å². The number of anilines is 1. The molecule has 1 rings (SSSR count). The van der Waals surface area contributed by atoms with Gasteiger partial charge in [0.25, 0.3) is 0 Å². The van der Waals surface area contributed by atoms with E-state index in [0.29, 0.717) is 17.3 Å². The number of nitrogens with one attached hydrogen (secondary N) is 1. The van der Waals surface area contributed by atoms with E-state index in [-0.39, 0.29) is 5.91 Å². The first-order valence-corrected chi connectivity index (χ1v) is 6.24. The highest BCUT2D eigenvalue weighted by molar-refractivity contribution is 6.33. The first-order chi connectivity index (χ1) is 8.13. The van der Waals surface area contributed by atoms with Crippen molar-refractivity contribution < 1.29 is 4.79 Å². The molecule has 1 aromatic rings. The summed E-state index contributed by atoms with van der Waals surface area (Å²) >= 11 is 5.96. The number of unbranched alkanes of at least 4 members (excludes halogenated alkanes) is 1. The molecule has 0 radical (unpaired) electrons. The Morgan fingerprint density at radius 3 is 2.76 bits per heavy atom. The van der Waals surface area contributed by atoms with Crippen molar-refractivity contribution in [1.29, 1.82) is 0 Å². The van der Waals surface area contributed by atoms with E-state index in [4.69, 9.17) is 11.6 Å². The van der Waals surface area contributed by atoms with Crippen LogP contribution in [-0.4, -0.2) is 30.9 Å². The van der Waals surface area contributed by atoms with Crippen LogP contribution in [0.4, 0.5) is 5.69 Å². The third kappa shape index (κ3) is 5.20. The van der Waals surface area contributed by atoms with Gasteiger partial charge in [0, 0.05) is 0 Å². The third-order valence-corrected chi connectivity index (χ3v) is 2.78. The number of benzene rings is 1. The Morgan fingerprint density at radius 2 is 2.12 bits per heavy atom. The fraction of sp³-hybridized carbons (Fsp3) is 0.462. The van der Waals surface area contributed by atoms with Crippen LogP contribution in [0.5, 0.6) is 0 Å². The predicted octanol–water partition coefficient (Wildman–Crippen LogP) is 3.01. The minimum atomic E-state index is -0.0308. The van der Waals surface area contributed by atoms with E-state index in [9.17, 15) is 4.79 Å². The third-order valence-electron chi connectivity index (χ3n) is 2.45. The second-order valence-corrected chi connectivity index (χ2v) is 4.53. The molecule has 0 aromatic heterocycles. The highest BCUT2D eigenvalue weighted by atomic mass is 35.5. The topological polar surface area (TPSA) is 32.3 Å². The van der Waals surface area contributed by atoms with Gasteiger partial charge in [-0.1, -0.05) is 37.1 Å². The maximum Gasteiger partial charge on any atom is 0.238 e. The minimum Gasteiger partial charge on any atom is -0.324 e. The van der Waals surface area contributed by atoms with Crippen LogP contribution in [0.15, 0.2) is 24.3 Å². The Bertz CT molecular complexity index is 368. The molecule has 0 aliphatic carbocycles. The molecule has 94 valence electrons. The summed E-state index contributed by atoms with van der Waals surface area (Å²) in [5, 5.41) is 3.37. The van der Waals surface area contributed by atoms with Crippen molar-refractivity contribution in [2.45, 2.75) is 19.8 Å². The minimum absolute atomic E-state index is 0.0308. The molecule has 0 aliphatic rings. The second kappa shape index (κ2) is 7.30. The van der Waals surface area contributed by atoms with Crippen molar-refractivity contribution in [2.24, 2.45) is 0 Å². The molecule has 3 nitrogen and oxygen atoms in total. The summed E-state index contributed by atoms with van der Waals surface area (Å²) < 4.78 is 0. The number of halogens is 1. The smallest absolute Gasteiger partial charge is 0.238 e. The van der Waals surface area contributed by atoms with Gasteiger partial charge >= 0.3 is 0 Å². The molecule has 0 fully saturated rings. The summed E-state index contributed by atoms with van der Waals surface area (Å²) in [6.45, 7) is 3.47. The van der Waals surface area contributed by atoms with Crippen molar-refractivity contribution in [3.05, 3.63) is 29.3 Å². The van der Waals surface area contributed by atoms with Gasteiger partial charge in [-0.2, -0.15) is 0 Å². The summed E-state index contributed by atoms with van der Waals surface area (Å²) in [6, 6.07) is 7.25. The van der Waals surface area contributed by atoms with Gasteiger partial charge in [-0.3, -0.25) is 9.69 Å². The zero-order valence-corrected chi connectivity index (χ0v) is 11.1. The molecule has 4 heteroatoms. The number of likely N-dealkylation sites (N-methyl/N-ethyl adjacent to an activating group) is 1. The van der Waals surface area contributed by atoms with E-state index >= 15 is 0 Å². The van der Waals surface area contributed by atoms with Gasteiger partial charge in [-0.05, 0) is 32.1 Å². The molecule has 0 saturated carbocycles. The van der Waals surface area contributed by atoms with Gasteiger partial charge in [0.1, 0.15) is 0 Å². The zero-order chi connectivity index (χ0) is 12.7. The largest absolute Gasteiger partial charge is 0.324 e. The number of carbonyl (C=O) groups excluding carboxylic acids is 1. The summed E-state index contributed by atoms with van der Waals surface area (Å²) in [6.07, 6.45) is 2.24. The summed E-state index contributed by atoms with van der Waals surface area (Å²) in [4.78, 5) is 13.7. The second-order valence-electron chi connectivity index (χ2n) is 4.12. The van der Waals surface area contributed by atoms with Crippen molar-refractivity contribution >= 4 is 23.2 Å². The average Bonchev–Trinajstić information content (AvgIpc) is 2.29. The normalized spacial score (nSPS) is 10.6. The number of carbonyl (C=O) groups is 1. The molecule has 0 saturated heterocycles. The maximum absolute atomic E-state index is 11.7. The van der Waals surface area contributed by atoms with E-state index in [1.165, 1.54) is 0 Å². The van der Waals surface area contributed by atoms with Crippen LogP contribution in [-0.2, 0) is 4.79 Å². The molecule has 0 atom stereocenters. The van der Waals surface area contributed by atoms with Crippen LogP contribution in [0.2, 0.25) is 5.02 Å². The molecule has 0 heterocycles. The summed E-state index contributed by atoms with van der Waals surface area (Å²) in [7, 11) is 1.95. The van der Waals surface area contributed by atoms with E-state index < -0.39 is 0 Å². The Morgan fingerprint density at radius 1 is 1.41 bits per heavy atom. The molecular weight excluding hydrogens is 236 g/mol. The van der Waals surface area contributed by atoms with Crippen LogP contribution < -0.4 is 5.32 Å². The lowest BCUT2D eigenvalue weighted by Crippen LogP contribution is -2.30. The van der Waals surface area contributed by atoms with Gasteiger partial charge < -0.3 is 5.32 Å². The molecule has 0 unspecified atom stereocenters. The number of hydrogen-bond donors (Lipinski definition) is 1. The van der Waals surface area contributed by atoms with Crippen LogP contribution in [0.25, 0.3) is 0 Å². The number of hydrogen-bond acceptors (Lipinski definition) is 2. The van der Waals surface area contributed by atoms with Crippen LogP contribution >= 0.6 is 11.6 Å². The predicted molar refractivity (Wildman–Crippen MR) is 72.5 cm³/mol. The van der Waals surface area contributed by atoms with Gasteiger partial charge in [0.15, 0.2) is 0 Å². The van der Waals surface area contributed by atoms with Crippen molar-refractivity contribution in [2.75, 3.05) is 25.5 Å². The number of amides is 1. The molecule has 1 aromatic carbocycles. The fourth-order valence-electron chi connectivity index (χ4n) is 1.50. The standard InChI is InChI=1S/C13H19ClN2O/c1-3-4-9-16(2)10-13(17)15-12-8-6-5-7-11(12)14/h5-8H,3-4,9-10H2,1-2H3,(H,15,17). The first-order valence-electron chi connectivity index (χ1n) is 5.86. The summed E-state index contributed by atoms with van der Waals surface area (Å²) in [5.74, 6) is -0.0308. The number of nitrogens with zero attached hydrogens (tertiary/aromatic N) is 1. The highest BCUT2D eigenvalue weighted by Gasteiger charge is 2.07. The SMILES string of the molecule is CCCCN(C)CC(=O)Nc1ccccc1Cl. The van der Waals surface area contributed by atoms with Gasteiger partial charge in [0.05, 0.1) is 17.3 Å². The van der Waals surface area contributed by atoms with Crippen LogP contribution in [0, 0.1) is 0 Å². The molecule has 0 spiro atoms. The number of rotatable bonds is 6. The Hall–Kier alpha value is -1.06. The van der Waals surface area contributed by atoms with E-state index in [0.717, 1.165) is 19.4 Å². The lowest BCUT2D eigenvalue weighted by Gasteiger charge is -2.15. The van der Waals surface area contributed by atoms with E-state index in [2.05, 4.69) is 12.2 Å². The van der Waals surface area contributed by atoms with Gasteiger partial charge in [-0.25, -0.2) is 0 Å². The van der Waals surface area contributed by atoms with E-state index in [1.807, 2.05) is 24.1 Å². The molecule has 17 heavy (non-hydrogen) atoms. The van der Waals surface area contributed by atoms with Gasteiger partial charge in [-0.15, -0.1) is 0 Å². The first kappa shape index (κ1) is 14.0. The Balaban J connectivity index is 2.42. The Labute approximate surface area is 108 Å². The zero-order valence-electron chi connectivity index (χ0n) is 10.4. The van der Waals surface area contributed by atoms with E-state index in [1.54, 1.807) is 12.1 Å². The summed E-state index contributed by atoms with van der Waals surface area (Å²) in [5.41, 5.74) is 0.669. The fourth-order valence-corrected chi connectivity index (χ4v) is 1.69. The molecule has 1 N–H and O–H groups in total. The monoisotopic (exact) mass is 254 g/mol. The molecule has 0 bridgehead atoms. The Kier molecular flexibility index (Phi) is 6.01. The lowest BCUT2D eigenvalue weighted by molar-refractivity contribution is -0.117. The maximum atomic E-state index is 11.7. The molecule has 0 aliphatic heterocycles. The number of para-hydroxylation sites is 1. The van der Waals surface area contributed by atoms with Crippen molar-refractivity contribution in [1.82, 2.24) is 4.90 Å². The van der Waals surface area contributed by atoms with Crippen molar-refractivity contribution in [3.63, 3.8) is 0 Å². The average molecular weight is 255 g/mol. The molecule has 1 amide bonds. The lowest BCUT2D eigenvalue weighted by atomic mass is 10.3. The quantitative estimate of drug-likeness (QED) is 0.846.